The number of nitrogens with one attached hydrogen (secondary N) is 1. The van der Waals surface area contributed by atoms with Gasteiger partial charge in [0.1, 0.15) is 5.82 Å². The quantitative estimate of drug-likeness (QED) is 0.547. The van der Waals surface area contributed by atoms with E-state index in [0.29, 0.717) is 11.3 Å². The van der Waals surface area contributed by atoms with Crippen molar-refractivity contribution in [2.45, 2.75) is 11.5 Å². The number of hydrogen-bond acceptors (Lipinski definition) is 5. The van der Waals surface area contributed by atoms with Crippen molar-refractivity contribution in [3.8, 4) is 0 Å². The molecule has 0 unspecified atom stereocenters. The van der Waals surface area contributed by atoms with E-state index in [0.717, 1.165) is 0 Å². The van der Waals surface area contributed by atoms with Crippen molar-refractivity contribution in [2.75, 3.05) is 5.73 Å². The molecule has 0 spiro atoms. The van der Waals surface area contributed by atoms with Crippen LogP contribution in [-0.4, -0.2) is 18.4 Å². The van der Waals surface area contributed by atoms with Gasteiger partial charge in [0, 0.05) is 11.3 Å². The van der Waals surface area contributed by atoms with Gasteiger partial charge in [0.05, 0.1) is 11.5 Å². The van der Waals surface area contributed by atoms with Crippen LogP contribution in [-0.2, 0) is 21.3 Å². The molecule has 1 aliphatic heterocycles. The molecule has 0 saturated heterocycles. The van der Waals surface area contributed by atoms with Gasteiger partial charge in [-0.1, -0.05) is 0 Å². The molecular weight excluding hydrogens is 194 g/mol. The summed E-state index contributed by atoms with van der Waals surface area (Å²) in [6, 6.07) is 0. The van der Waals surface area contributed by atoms with Crippen molar-refractivity contribution >= 4 is 15.7 Å². The normalized spacial score (nSPS) is 18.5. The molecule has 1 aliphatic rings. The number of sulfone groups is 1. The molecule has 0 aromatic carbocycles. The fourth-order valence-corrected chi connectivity index (χ4v) is 2.89. The van der Waals surface area contributed by atoms with E-state index in [1.807, 2.05) is 0 Å². The fourth-order valence-electron chi connectivity index (χ4n) is 1.34. The van der Waals surface area contributed by atoms with E-state index in [4.69, 9.17) is 5.73 Å². The highest BCUT2D eigenvalue weighted by molar-refractivity contribution is 7.90. The van der Waals surface area contributed by atoms with Gasteiger partial charge in [-0.25, -0.2) is 13.2 Å². The molecule has 0 amide bonds. The molecule has 0 saturated carbocycles. The molecule has 0 aliphatic carbocycles. The van der Waals surface area contributed by atoms with Gasteiger partial charge in [-0.05, 0) is 0 Å². The lowest BCUT2D eigenvalue weighted by Crippen LogP contribution is -2.15. The summed E-state index contributed by atoms with van der Waals surface area (Å²) in [6.45, 7) is 0. The molecule has 6 nitrogen and oxygen atoms in total. The van der Waals surface area contributed by atoms with Crippen molar-refractivity contribution in [3.05, 3.63) is 21.7 Å². The van der Waals surface area contributed by atoms with E-state index in [9.17, 15) is 13.2 Å². The first kappa shape index (κ1) is 8.24. The van der Waals surface area contributed by atoms with Crippen molar-refractivity contribution in [3.63, 3.8) is 0 Å². The minimum absolute atomic E-state index is 0.0137. The van der Waals surface area contributed by atoms with Gasteiger partial charge < -0.3 is 10.7 Å². The number of aromatic nitrogens is 2. The van der Waals surface area contributed by atoms with Crippen LogP contribution in [0.4, 0.5) is 5.82 Å². The standard InChI is InChI=1S/C6H7N3O3S/c7-5-3-1-13(11,12)2-4(3)8-6(10)9-5/h1-2H2,(H3,7,8,9,10). The average molecular weight is 201 g/mol. The van der Waals surface area contributed by atoms with Crippen LogP contribution in [0.15, 0.2) is 4.79 Å². The highest BCUT2D eigenvalue weighted by Crippen LogP contribution is 2.24. The summed E-state index contributed by atoms with van der Waals surface area (Å²) in [5.41, 5.74) is 5.60. The Morgan fingerprint density at radius 1 is 1.38 bits per heavy atom. The van der Waals surface area contributed by atoms with Crippen molar-refractivity contribution in [2.24, 2.45) is 0 Å². The zero-order valence-electron chi connectivity index (χ0n) is 6.57. The van der Waals surface area contributed by atoms with Crippen LogP contribution in [0, 0.1) is 0 Å². The summed E-state index contributed by atoms with van der Waals surface area (Å²) < 4.78 is 22.3. The number of nitrogen functional groups attached to an aromatic ring is 1. The highest BCUT2D eigenvalue weighted by atomic mass is 32.2. The number of anilines is 1. The van der Waals surface area contributed by atoms with Crippen molar-refractivity contribution in [1.82, 2.24) is 9.97 Å². The second kappa shape index (κ2) is 2.32. The minimum atomic E-state index is -3.13. The number of nitrogens with zero attached hydrogens (tertiary/aromatic N) is 1. The Labute approximate surface area is 73.7 Å². The van der Waals surface area contributed by atoms with Gasteiger partial charge >= 0.3 is 5.69 Å². The molecule has 0 fully saturated rings. The fraction of sp³-hybridized carbons (Fsp3) is 0.333. The maximum Gasteiger partial charge on any atom is 0.347 e. The van der Waals surface area contributed by atoms with Gasteiger partial charge in [-0.15, -0.1) is 0 Å². The van der Waals surface area contributed by atoms with Gasteiger partial charge in [-0.2, -0.15) is 4.98 Å². The summed E-state index contributed by atoms with van der Waals surface area (Å²) in [4.78, 5) is 16.6. The molecular formula is C6H7N3O3S. The molecule has 1 aromatic heterocycles. The summed E-state index contributed by atoms with van der Waals surface area (Å²) in [6.07, 6.45) is 0. The number of hydrogen-bond donors (Lipinski definition) is 2. The van der Waals surface area contributed by atoms with Crippen molar-refractivity contribution < 1.29 is 8.42 Å². The SMILES string of the molecule is Nc1nc(=O)[nH]c2c1CS(=O)(=O)C2. The Morgan fingerprint density at radius 3 is 2.77 bits per heavy atom. The molecule has 13 heavy (non-hydrogen) atoms. The maximum absolute atomic E-state index is 11.1. The minimum Gasteiger partial charge on any atom is -0.383 e. The molecule has 1 aromatic rings. The van der Waals surface area contributed by atoms with Crippen LogP contribution in [0.25, 0.3) is 0 Å². The smallest absolute Gasteiger partial charge is 0.347 e. The predicted octanol–water partition coefficient (Wildman–Crippen LogP) is -1.22. The van der Waals surface area contributed by atoms with Gasteiger partial charge in [0.2, 0.25) is 0 Å². The van der Waals surface area contributed by atoms with E-state index in [-0.39, 0.29) is 17.3 Å². The van der Waals surface area contributed by atoms with E-state index in [2.05, 4.69) is 9.97 Å². The van der Waals surface area contributed by atoms with Crippen LogP contribution in [0.2, 0.25) is 0 Å². The summed E-state index contributed by atoms with van der Waals surface area (Å²) in [5.74, 6) is -0.262. The highest BCUT2D eigenvalue weighted by Gasteiger charge is 2.28. The third kappa shape index (κ3) is 1.31. The van der Waals surface area contributed by atoms with Crippen LogP contribution >= 0.6 is 0 Å². The second-order valence-corrected chi connectivity index (χ2v) is 4.98. The van der Waals surface area contributed by atoms with E-state index < -0.39 is 15.5 Å². The zero-order valence-corrected chi connectivity index (χ0v) is 7.39. The Bertz CT molecular complexity index is 516. The lowest BCUT2D eigenvalue weighted by Gasteiger charge is -1.97. The molecule has 0 radical (unpaired) electrons. The summed E-state index contributed by atoms with van der Waals surface area (Å²) >= 11 is 0. The molecule has 7 heteroatoms. The third-order valence-corrected chi connectivity index (χ3v) is 3.34. The van der Waals surface area contributed by atoms with Crippen LogP contribution in [0.3, 0.4) is 0 Å². The number of aromatic amines is 1. The number of H-pyrrole nitrogens is 1. The summed E-state index contributed by atoms with van der Waals surface area (Å²) in [5, 5.41) is 0. The monoisotopic (exact) mass is 201 g/mol. The van der Waals surface area contributed by atoms with E-state index in [1.54, 1.807) is 0 Å². The van der Waals surface area contributed by atoms with Gasteiger partial charge in [0.25, 0.3) is 0 Å². The lowest BCUT2D eigenvalue weighted by molar-refractivity contribution is 0.597. The molecule has 70 valence electrons. The number of nitrogens with two attached hydrogens (primary N) is 1. The van der Waals surface area contributed by atoms with E-state index in [1.165, 1.54) is 0 Å². The molecule has 2 heterocycles. The van der Waals surface area contributed by atoms with Crippen LogP contribution < -0.4 is 11.4 Å². The molecule has 0 atom stereocenters. The van der Waals surface area contributed by atoms with Crippen LogP contribution in [0.5, 0.6) is 0 Å². The topological polar surface area (TPSA) is 106 Å². The van der Waals surface area contributed by atoms with Crippen molar-refractivity contribution in [1.29, 1.82) is 0 Å². The first-order chi connectivity index (χ1) is 5.98. The number of fused-ring (bicyclic) bond motifs is 1. The van der Waals surface area contributed by atoms with E-state index >= 15 is 0 Å². The molecule has 2 rings (SSSR count). The first-order valence-corrected chi connectivity index (χ1v) is 5.38. The molecule has 3 N–H and O–H groups in total. The second-order valence-electron chi connectivity index (χ2n) is 2.92. The Balaban J connectivity index is 2.71. The Kier molecular flexibility index (Phi) is 1.47. The largest absolute Gasteiger partial charge is 0.383 e. The molecule has 0 bridgehead atoms. The summed E-state index contributed by atoms with van der Waals surface area (Å²) in [7, 11) is -3.13. The van der Waals surface area contributed by atoms with Crippen LogP contribution in [0.1, 0.15) is 11.3 Å². The first-order valence-electron chi connectivity index (χ1n) is 3.56. The lowest BCUT2D eigenvalue weighted by atomic mass is 10.2. The maximum atomic E-state index is 11.1. The average Bonchev–Trinajstić information content (AvgIpc) is 2.23. The van der Waals surface area contributed by atoms with Gasteiger partial charge in [0.15, 0.2) is 9.84 Å². The predicted molar refractivity (Wildman–Crippen MR) is 45.6 cm³/mol. The van der Waals surface area contributed by atoms with Gasteiger partial charge in [-0.3, -0.25) is 0 Å². The zero-order chi connectivity index (χ0) is 9.64. The Hall–Kier alpha value is -1.37. The number of rotatable bonds is 0. The third-order valence-electron chi connectivity index (χ3n) is 1.88. The Morgan fingerprint density at radius 2 is 2.08 bits per heavy atom.